The third-order valence-electron chi connectivity index (χ3n) is 4.04. The van der Waals surface area contributed by atoms with E-state index in [9.17, 15) is 24.8 Å². The number of carbonyl (C=O) groups is 2. The zero-order valence-corrected chi connectivity index (χ0v) is 12.9. The van der Waals surface area contributed by atoms with Gasteiger partial charge in [-0.25, -0.2) is 4.79 Å². The number of carboxylic acids is 1. The zero-order chi connectivity index (χ0) is 17.1. The number of amides is 1. The molecule has 1 atom stereocenters. The van der Waals surface area contributed by atoms with E-state index in [4.69, 9.17) is 4.74 Å². The van der Waals surface area contributed by atoms with E-state index < -0.39 is 22.8 Å². The molecule has 1 aliphatic rings. The molecule has 124 valence electrons. The minimum atomic E-state index is -1.06. The van der Waals surface area contributed by atoms with Crippen molar-refractivity contribution in [1.82, 2.24) is 4.90 Å². The van der Waals surface area contributed by atoms with E-state index in [1.807, 2.05) is 0 Å². The Hall–Kier alpha value is -2.64. The average molecular weight is 322 g/mol. The predicted molar refractivity (Wildman–Crippen MR) is 80.7 cm³/mol. The number of hydrogen-bond acceptors (Lipinski definition) is 5. The number of carbonyl (C=O) groups excluding carboxylic acids is 1. The molecule has 1 fully saturated rings. The van der Waals surface area contributed by atoms with Crippen LogP contribution in [-0.4, -0.2) is 46.5 Å². The van der Waals surface area contributed by atoms with Crippen LogP contribution in [-0.2, 0) is 4.79 Å². The number of piperidine rings is 1. The van der Waals surface area contributed by atoms with E-state index >= 15 is 0 Å². The Morgan fingerprint density at radius 1 is 1.39 bits per heavy atom. The van der Waals surface area contributed by atoms with E-state index in [1.165, 1.54) is 31.1 Å². The molecule has 0 aromatic heterocycles. The highest BCUT2D eigenvalue weighted by molar-refractivity contribution is 5.98. The summed E-state index contributed by atoms with van der Waals surface area (Å²) >= 11 is 0. The molecule has 23 heavy (non-hydrogen) atoms. The molecule has 0 saturated carbocycles. The molecule has 1 amide bonds. The number of carboxylic acid groups (broad SMARTS) is 1. The van der Waals surface area contributed by atoms with Crippen LogP contribution in [0.5, 0.6) is 5.75 Å². The number of rotatable bonds is 4. The summed E-state index contributed by atoms with van der Waals surface area (Å²) in [6.45, 7) is 1.85. The molecule has 1 aromatic carbocycles. The monoisotopic (exact) mass is 322 g/mol. The van der Waals surface area contributed by atoms with E-state index in [1.54, 1.807) is 0 Å². The molecule has 0 unspecified atom stereocenters. The normalized spacial score (nSPS) is 17.7. The lowest BCUT2D eigenvalue weighted by molar-refractivity contribution is -0.385. The van der Waals surface area contributed by atoms with E-state index in [0.717, 1.165) is 6.42 Å². The van der Waals surface area contributed by atoms with Crippen molar-refractivity contribution in [2.75, 3.05) is 13.7 Å². The highest BCUT2D eigenvalue weighted by atomic mass is 16.6. The fraction of sp³-hybridized carbons (Fsp3) is 0.467. The van der Waals surface area contributed by atoms with Gasteiger partial charge in [-0.3, -0.25) is 14.9 Å². The minimum absolute atomic E-state index is 0.0623. The summed E-state index contributed by atoms with van der Waals surface area (Å²) in [4.78, 5) is 35.8. The van der Waals surface area contributed by atoms with Crippen molar-refractivity contribution in [1.29, 1.82) is 0 Å². The van der Waals surface area contributed by atoms with Gasteiger partial charge < -0.3 is 14.7 Å². The molecule has 1 heterocycles. The number of benzene rings is 1. The van der Waals surface area contributed by atoms with Crippen molar-refractivity contribution in [3.05, 3.63) is 33.4 Å². The van der Waals surface area contributed by atoms with Crippen LogP contribution in [0.15, 0.2) is 12.1 Å². The lowest BCUT2D eigenvalue weighted by Crippen LogP contribution is -2.48. The Kier molecular flexibility index (Phi) is 4.83. The van der Waals surface area contributed by atoms with Gasteiger partial charge in [-0.15, -0.1) is 0 Å². The summed E-state index contributed by atoms with van der Waals surface area (Å²) in [5.41, 5.74) is 0.159. The van der Waals surface area contributed by atoms with E-state index in [-0.39, 0.29) is 17.0 Å². The summed E-state index contributed by atoms with van der Waals surface area (Å²) in [6.07, 6.45) is 1.82. The van der Waals surface area contributed by atoms with Gasteiger partial charge in [0.15, 0.2) is 0 Å². The Balaban J connectivity index is 2.44. The van der Waals surface area contributed by atoms with Gasteiger partial charge in [-0.2, -0.15) is 0 Å². The van der Waals surface area contributed by atoms with Gasteiger partial charge in [0.2, 0.25) is 0 Å². The topological polar surface area (TPSA) is 110 Å². The van der Waals surface area contributed by atoms with Gasteiger partial charge in [-0.05, 0) is 32.3 Å². The first-order chi connectivity index (χ1) is 10.9. The number of methoxy groups -OCH3 is 1. The van der Waals surface area contributed by atoms with Crippen LogP contribution in [0, 0.1) is 17.0 Å². The third-order valence-corrected chi connectivity index (χ3v) is 4.04. The molecule has 0 bridgehead atoms. The number of ether oxygens (including phenoxy) is 1. The maximum atomic E-state index is 12.7. The molecule has 1 saturated heterocycles. The number of nitro benzene ring substituents is 1. The molecule has 8 nitrogen and oxygen atoms in total. The largest absolute Gasteiger partial charge is 0.496 e. The Morgan fingerprint density at radius 3 is 2.65 bits per heavy atom. The molecule has 8 heteroatoms. The number of likely N-dealkylation sites (tertiary alicyclic amines) is 1. The van der Waals surface area contributed by atoms with Crippen LogP contribution in [0.2, 0.25) is 0 Å². The molecule has 1 aliphatic heterocycles. The Bertz CT molecular complexity index is 658. The summed E-state index contributed by atoms with van der Waals surface area (Å²) in [7, 11) is 1.36. The molecular weight excluding hydrogens is 304 g/mol. The van der Waals surface area contributed by atoms with Crippen LogP contribution in [0.4, 0.5) is 5.69 Å². The van der Waals surface area contributed by atoms with Crippen LogP contribution < -0.4 is 4.74 Å². The van der Waals surface area contributed by atoms with Gasteiger partial charge in [0, 0.05) is 12.6 Å². The molecule has 0 aliphatic carbocycles. The predicted octanol–water partition coefficient (Wildman–Crippen LogP) is 1.99. The second-order valence-electron chi connectivity index (χ2n) is 5.43. The van der Waals surface area contributed by atoms with Crippen molar-refractivity contribution in [3.63, 3.8) is 0 Å². The van der Waals surface area contributed by atoms with E-state index in [0.29, 0.717) is 24.9 Å². The lowest BCUT2D eigenvalue weighted by Gasteiger charge is -2.33. The molecule has 2 rings (SSSR count). The summed E-state index contributed by atoms with van der Waals surface area (Å²) < 4.78 is 5.10. The van der Waals surface area contributed by atoms with Gasteiger partial charge in [-0.1, -0.05) is 0 Å². The number of hydrogen-bond donors (Lipinski definition) is 1. The minimum Gasteiger partial charge on any atom is -0.496 e. The van der Waals surface area contributed by atoms with Crippen molar-refractivity contribution >= 4 is 17.6 Å². The quantitative estimate of drug-likeness (QED) is 0.670. The Labute approximate surface area is 132 Å². The fourth-order valence-electron chi connectivity index (χ4n) is 2.80. The van der Waals surface area contributed by atoms with Crippen molar-refractivity contribution in [2.45, 2.75) is 32.2 Å². The first kappa shape index (κ1) is 16.7. The third kappa shape index (κ3) is 3.25. The van der Waals surface area contributed by atoms with Crippen LogP contribution in [0.25, 0.3) is 0 Å². The molecule has 0 radical (unpaired) electrons. The molecule has 1 aromatic rings. The van der Waals surface area contributed by atoms with Gasteiger partial charge in [0.05, 0.1) is 23.2 Å². The number of nitrogens with zero attached hydrogens (tertiary/aromatic N) is 2. The first-order valence-corrected chi connectivity index (χ1v) is 7.23. The number of nitro groups is 1. The maximum absolute atomic E-state index is 12.7. The highest BCUT2D eigenvalue weighted by Gasteiger charge is 2.33. The second kappa shape index (κ2) is 6.64. The van der Waals surface area contributed by atoms with E-state index in [2.05, 4.69) is 0 Å². The maximum Gasteiger partial charge on any atom is 0.326 e. The highest BCUT2D eigenvalue weighted by Crippen LogP contribution is 2.31. The van der Waals surface area contributed by atoms with Crippen LogP contribution >= 0.6 is 0 Å². The van der Waals surface area contributed by atoms with Crippen molar-refractivity contribution in [3.8, 4) is 5.75 Å². The number of aliphatic carboxylic acids is 1. The second-order valence-corrected chi connectivity index (χ2v) is 5.43. The van der Waals surface area contributed by atoms with Gasteiger partial charge >= 0.3 is 5.97 Å². The van der Waals surface area contributed by atoms with Crippen molar-refractivity contribution < 1.29 is 24.4 Å². The first-order valence-electron chi connectivity index (χ1n) is 7.23. The van der Waals surface area contributed by atoms with Gasteiger partial charge in [0.25, 0.3) is 11.6 Å². The Morgan fingerprint density at radius 2 is 2.09 bits per heavy atom. The zero-order valence-electron chi connectivity index (χ0n) is 12.9. The van der Waals surface area contributed by atoms with Crippen LogP contribution in [0.3, 0.4) is 0 Å². The smallest absolute Gasteiger partial charge is 0.326 e. The lowest BCUT2D eigenvalue weighted by atomic mass is 10.00. The average Bonchev–Trinajstić information content (AvgIpc) is 2.54. The van der Waals surface area contributed by atoms with Crippen LogP contribution in [0.1, 0.15) is 35.2 Å². The summed E-state index contributed by atoms with van der Waals surface area (Å²) in [5.74, 6) is -1.36. The van der Waals surface area contributed by atoms with Gasteiger partial charge in [0.1, 0.15) is 11.8 Å². The molecular formula is C15H18N2O6. The standard InChI is InChI=1S/C15H18N2O6/c1-9-12(17(21)22)7-10(8-13(9)23-2)14(18)16-6-4-3-5-11(16)15(19)20/h7-8,11H,3-6H2,1-2H3,(H,19,20)/t11-/m1/s1. The fourth-order valence-corrected chi connectivity index (χ4v) is 2.80. The summed E-state index contributed by atoms with van der Waals surface area (Å²) in [6, 6.07) is 1.69. The van der Waals surface area contributed by atoms with Crippen molar-refractivity contribution in [2.24, 2.45) is 0 Å². The summed E-state index contributed by atoms with van der Waals surface area (Å²) in [5, 5.41) is 20.4. The molecule has 0 spiro atoms. The SMILES string of the molecule is COc1cc(C(=O)N2CCCC[C@@H]2C(=O)O)cc([N+](=O)[O-])c1C. The molecule has 1 N–H and O–H groups in total.